The average Bonchev–Trinajstić information content (AvgIpc) is 3.53. The van der Waals surface area contributed by atoms with Gasteiger partial charge < -0.3 is 25.3 Å². The summed E-state index contributed by atoms with van der Waals surface area (Å²) in [6, 6.07) is 6.59. The third-order valence-corrected chi connectivity index (χ3v) is 6.14. The van der Waals surface area contributed by atoms with Gasteiger partial charge in [-0.1, -0.05) is 29.4 Å². The van der Waals surface area contributed by atoms with Crippen LogP contribution >= 0.6 is 0 Å². The van der Waals surface area contributed by atoms with Crippen molar-refractivity contribution in [3.8, 4) is 11.4 Å². The number of aromatic amines is 1. The largest absolute Gasteiger partial charge is 0.400 e. The van der Waals surface area contributed by atoms with Crippen molar-refractivity contribution in [3.05, 3.63) is 70.8 Å². The first-order valence-corrected chi connectivity index (χ1v) is 11.5. The predicted octanol–water partition coefficient (Wildman–Crippen LogP) is 3.97. The molecule has 0 saturated heterocycles. The Kier molecular flexibility index (Phi) is 5.86. The fraction of sp³-hybridized carbons (Fsp3) is 0.400. The van der Waals surface area contributed by atoms with Crippen LogP contribution in [0.3, 0.4) is 0 Å². The second kappa shape index (κ2) is 8.96. The fourth-order valence-corrected chi connectivity index (χ4v) is 4.62. The van der Waals surface area contributed by atoms with Crippen molar-refractivity contribution < 1.29 is 9.26 Å². The van der Waals surface area contributed by atoms with E-state index in [9.17, 15) is 0 Å². The number of allylic oxidation sites excluding steroid dienone is 2. The number of aryl methyl sites for hydroxylation is 1. The van der Waals surface area contributed by atoms with Crippen LogP contribution in [0.15, 0.2) is 46.8 Å². The van der Waals surface area contributed by atoms with E-state index in [2.05, 4.69) is 38.6 Å². The maximum Gasteiger partial charge on any atom is 0.257 e. The van der Waals surface area contributed by atoms with Crippen LogP contribution in [-0.2, 0) is 17.7 Å². The predicted molar refractivity (Wildman–Crippen MR) is 126 cm³/mol. The molecule has 2 atom stereocenters. The van der Waals surface area contributed by atoms with Gasteiger partial charge in [0.2, 0.25) is 5.82 Å². The van der Waals surface area contributed by atoms with Crippen LogP contribution in [0.5, 0.6) is 0 Å². The molecule has 0 aliphatic heterocycles. The Morgan fingerprint density at radius 2 is 2.21 bits per heavy atom. The molecule has 0 radical (unpaired) electrons. The molecule has 2 aliphatic carbocycles. The van der Waals surface area contributed by atoms with E-state index in [0.717, 1.165) is 35.5 Å². The zero-order valence-corrected chi connectivity index (χ0v) is 19.3. The fourth-order valence-electron chi connectivity index (χ4n) is 4.62. The van der Waals surface area contributed by atoms with E-state index < -0.39 is 0 Å². The van der Waals surface area contributed by atoms with Gasteiger partial charge in [0.15, 0.2) is 0 Å². The van der Waals surface area contributed by atoms with Crippen LogP contribution in [0.1, 0.15) is 61.3 Å². The van der Waals surface area contributed by atoms with Gasteiger partial charge in [-0.15, -0.1) is 0 Å². The monoisotopic (exact) mass is 446 g/mol. The third kappa shape index (κ3) is 4.49. The quantitative estimate of drug-likeness (QED) is 0.503. The smallest absolute Gasteiger partial charge is 0.257 e. The molecule has 2 aliphatic rings. The number of fused-ring (bicyclic) bond motifs is 1. The van der Waals surface area contributed by atoms with Crippen LogP contribution in [-0.4, -0.2) is 32.3 Å². The van der Waals surface area contributed by atoms with Crippen molar-refractivity contribution in [2.24, 2.45) is 5.73 Å². The number of hydrogen-bond donors (Lipinski definition) is 3. The van der Waals surface area contributed by atoms with Crippen molar-refractivity contribution in [1.82, 2.24) is 25.4 Å². The molecule has 5 rings (SSSR count). The molecule has 4 N–H and O–H groups in total. The summed E-state index contributed by atoms with van der Waals surface area (Å²) in [4.78, 5) is 12.4. The molecule has 0 fully saturated rings. The number of nitrogens with two attached hydrogens (primary N) is 1. The summed E-state index contributed by atoms with van der Waals surface area (Å²) in [5.74, 6) is 2.04. The van der Waals surface area contributed by atoms with Crippen LogP contribution in [0.25, 0.3) is 17.0 Å². The third-order valence-electron chi connectivity index (χ3n) is 6.14. The lowest BCUT2D eigenvalue weighted by atomic mass is 10.0. The minimum atomic E-state index is -0.108. The van der Waals surface area contributed by atoms with Gasteiger partial charge in [-0.05, 0) is 57.2 Å². The molecule has 2 aromatic heterocycles. The van der Waals surface area contributed by atoms with Gasteiger partial charge in [0.05, 0.1) is 12.6 Å². The summed E-state index contributed by atoms with van der Waals surface area (Å²) in [7, 11) is 0. The van der Waals surface area contributed by atoms with Gasteiger partial charge >= 0.3 is 0 Å². The summed E-state index contributed by atoms with van der Waals surface area (Å²) in [6.45, 7) is 6.73. The molecule has 0 spiro atoms. The van der Waals surface area contributed by atoms with E-state index >= 15 is 0 Å². The number of benzene rings is 1. The Hall–Kier alpha value is -3.23. The highest BCUT2D eigenvalue weighted by Gasteiger charge is 2.27. The number of aromatic nitrogens is 4. The highest BCUT2D eigenvalue weighted by molar-refractivity contribution is 5.72. The highest BCUT2D eigenvalue weighted by Crippen LogP contribution is 2.37. The molecule has 33 heavy (non-hydrogen) atoms. The number of ether oxygens (including phenoxy) is 1. The van der Waals surface area contributed by atoms with Crippen LogP contribution < -0.4 is 11.1 Å². The molecule has 0 saturated carbocycles. The van der Waals surface area contributed by atoms with Crippen LogP contribution in [0, 0.1) is 6.92 Å². The Bertz CT molecular complexity index is 1210. The first kappa shape index (κ1) is 21.6. The number of nitrogens with zero attached hydrogens (tertiary/aromatic N) is 3. The summed E-state index contributed by atoms with van der Waals surface area (Å²) in [5.41, 5.74) is 12.4. The Morgan fingerprint density at radius 3 is 2.97 bits per heavy atom. The lowest BCUT2D eigenvalue weighted by Gasteiger charge is -2.22. The molecule has 172 valence electrons. The Balaban J connectivity index is 1.33. The molecule has 8 heteroatoms. The van der Waals surface area contributed by atoms with Crippen molar-refractivity contribution in [3.63, 3.8) is 0 Å². The number of imidazole rings is 1. The van der Waals surface area contributed by atoms with E-state index in [-0.39, 0.29) is 18.2 Å². The van der Waals surface area contributed by atoms with Gasteiger partial charge in [0, 0.05) is 34.8 Å². The Morgan fingerprint density at radius 1 is 1.33 bits per heavy atom. The van der Waals surface area contributed by atoms with Gasteiger partial charge in [-0.25, -0.2) is 4.98 Å². The van der Waals surface area contributed by atoms with Crippen molar-refractivity contribution >= 4 is 5.57 Å². The van der Waals surface area contributed by atoms with Gasteiger partial charge in [0.1, 0.15) is 11.9 Å². The standard InChI is InChI=1S/C25H30N6O2/c1-14(2)32-22-10-7-16(11-20(22)26)25-30-24(31-33-25)19-6-4-5-18-17(19)8-9-21(18)27-13-23-28-12-15(3)29-23/h4-7,11-12,14,21-22,27H,8-10,13,26H2,1-3H3,(H,28,29)/t21-,22?/m0/s1. The summed E-state index contributed by atoms with van der Waals surface area (Å²) >= 11 is 0. The highest BCUT2D eigenvalue weighted by atomic mass is 16.5. The first-order valence-electron chi connectivity index (χ1n) is 11.5. The normalized spacial score (nSPS) is 20.1. The average molecular weight is 447 g/mol. The maximum absolute atomic E-state index is 6.23. The van der Waals surface area contributed by atoms with Gasteiger partial charge in [0.25, 0.3) is 5.89 Å². The van der Waals surface area contributed by atoms with E-state index in [4.69, 9.17) is 20.0 Å². The van der Waals surface area contributed by atoms with E-state index in [0.29, 0.717) is 30.4 Å². The van der Waals surface area contributed by atoms with Gasteiger partial charge in [-0.2, -0.15) is 4.98 Å². The molecule has 3 aromatic rings. The van der Waals surface area contributed by atoms with Crippen molar-refractivity contribution in [1.29, 1.82) is 0 Å². The van der Waals surface area contributed by atoms with Gasteiger partial charge in [-0.3, -0.25) is 0 Å². The minimum absolute atomic E-state index is 0.108. The first-order chi connectivity index (χ1) is 16.0. The topological polar surface area (TPSA) is 115 Å². The number of hydrogen-bond acceptors (Lipinski definition) is 7. The summed E-state index contributed by atoms with van der Waals surface area (Å²) in [6.07, 6.45) is 8.47. The Labute approximate surface area is 193 Å². The number of rotatable bonds is 7. The molecule has 1 aromatic carbocycles. The van der Waals surface area contributed by atoms with Crippen LogP contribution in [0.4, 0.5) is 0 Å². The molecule has 0 amide bonds. The SMILES string of the molecule is Cc1cnc(CN[C@H]2CCc3c(-c4noc(C5=CCC(OC(C)C)C(N)=C5)n4)cccc32)[nH]1. The number of H-pyrrole nitrogens is 1. The lowest BCUT2D eigenvalue weighted by molar-refractivity contribution is 0.0295. The van der Waals surface area contributed by atoms with E-state index in [1.807, 2.05) is 39.1 Å². The van der Waals surface area contributed by atoms with Crippen molar-refractivity contribution in [2.75, 3.05) is 0 Å². The minimum Gasteiger partial charge on any atom is -0.400 e. The molecule has 2 heterocycles. The molecular formula is C25H30N6O2. The second-order valence-electron chi connectivity index (χ2n) is 8.99. The maximum atomic E-state index is 6.23. The zero-order chi connectivity index (χ0) is 22.9. The summed E-state index contributed by atoms with van der Waals surface area (Å²) < 4.78 is 11.5. The molecule has 1 unspecified atom stereocenters. The molecule has 8 nitrogen and oxygen atoms in total. The molecule has 0 bridgehead atoms. The van der Waals surface area contributed by atoms with E-state index in [1.165, 1.54) is 11.1 Å². The summed E-state index contributed by atoms with van der Waals surface area (Å²) in [5, 5.41) is 7.91. The second-order valence-corrected chi connectivity index (χ2v) is 8.99. The molecular weight excluding hydrogens is 416 g/mol. The van der Waals surface area contributed by atoms with Crippen molar-refractivity contribution in [2.45, 2.75) is 64.8 Å². The van der Waals surface area contributed by atoms with Crippen LogP contribution in [0.2, 0.25) is 0 Å². The van der Waals surface area contributed by atoms with E-state index in [1.54, 1.807) is 0 Å². The number of nitrogens with one attached hydrogen (secondary N) is 2. The lowest BCUT2D eigenvalue weighted by Crippen LogP contribution is -2.26. The zero-order valence-electron chi connectivity index (χ0n) is 19.3.